The highest BCUT2D eigenvalue weighted by atomic mass is 16.5. The van der Waals surface area contributed by atoms with E-state index < -0.39 is 0 Å². The van der Waals surface area contributed by atoms with E-state index in [4.69, 9.17) is 15.2 Å². The SMILES string of the molecule is COc1cccc(CN(C)CCOc2cccc(N)c2)c1. The molecule has 2 rings (SSSR count). The number of hydrogen-bond donors (Lipinski definition) is 1. The number of rotatable bonds is 7. The number of nitrogen functional groups attached to an aromatic ring is 1. The van der Waals surface area contributed by atoms with E-state index in [1.807, 2.05) is 36.4 Å². The van der Waals surface area contributed by atoms with Crippen LogP contribution in [0.5, 0.6) is 11.5 Å². The topological polar surface area (TPSA) is 47.7 Å². The van der Waals surface area contributed by atoms with Crippen LogP contribution in [0.4, 0.5) is 5.69 Å². The Labute approximate surface area is 126 Å². The minimum absolute atomic E-state index is 0.629. The Bertz CT molecular complexity index is 572. The summed E-state index contributed by atoms with van der Waals surface area (Å²) in [5.74, 6) is 1.70. The molecule has 0 radical (unpaired) electrons. The lowest BCUT2D eigenvalue weighted by molar-refractivity contribution is 0.233. The number of benzene rings is 2. The monoisotopic (exact) mass is 286 g/mol. The van der Waals surface area contributed by atoms with Crippen molar-refractivity contribution in [3.8, 4) is 11.5 Å². The summed E-state index contributed by atoms with van der Waals surface area (Å²) in [5.41, 5.74) is 7.66. The maximum Gasteiger partial charge on any atom is 0.121 e. The number of hydrogen-bond acceptors (Lipinski definition) is 4. The third kappa shape index (κ3) is 5.00. The molecule has 0 unspecified atom stereocenters. The van der Waals surface area contributed by atoms with Gasteiger partial charge in [0.25, 0.3) is 0 Å². The second-order valence-corrected chi connectivity index (χ2v) is 5.01. The van der Waals surface area contributed by atoms with Gasteiger partial charge in [-0.05, 0) is 36.9 Å². The second-order valence-electron chi connectivity index (χ2n) is 5.01. The second kappa shape index (κ2) is 7.55. The predicted octanol–water partition coefficient (Wildman–Crippen LogP) is 2.79. The van der Waals surface area contributed by atoms with Crippen molar-refractivity contribution in [1.82, 2.24) is 4.90 Å². The van der Waals surface area contributed by atoms with Gasteiger partial charge in [0.2, 0.25) is 0 Å². The molecule has 2 aromatic rings. The number of likely N-dealkylation sites (N-methyl/N-ethyl adjacent to an activating group) is 1. The molecule has 2 N–H and O–H groups in total. The van der Waals surface area contributed by atoms with Crippen LogP contribution in [-0.2, 0) is 6.54 Å². The van der Waals surface area contributed by atoms with Crippen LogP contribution in [0.2, 0.25) is 0 Å². The zero-order valence-electron chi connectivity index (χ0n) is 12.6. The Morgan fingerprint density at radius 1 is 1.05 bits per heavy atom. The molecule has 2 aromatic carbocycles. The highest BCUT2D eigenvalue weighted by Gasteiger charge is 2.02. The Kier molecular flexibility index (Phi) is 5.46. The molecule has 4 nitrogen and oxygen atoms in total. The van der Waals surface area contributed by atoms with Gasteiger partial charge in [-0.3, -0.25) is 4.90 Å². The fourth-order valence-corrected chi connectivity index (χ4v) is 2.09. The lowest BCUT2D eigenvalue weighted by Gasteiger charge is -2.17. The van der Waals surface area contributed by atoms with Crippen molar-refractivity contribution in [3.63, 3.8) is 0 Å². The van der Waals surface area contributed by atoms with E-state index in [0.29, 0.717) is 6.61 Å². The zero-order valence-corrected chi connectivity index (χ0v) is 12.6. The number of nitrogens with two attached hydrogens (primary N) is 1. The summed E-state index contributed by atoms with van der Waals surface area (Å²) in [6.07, 6.45) is 0. The summed E-state index contributed by atoms with van der Waals surface area (Å²) in [7, 11) is 3.75. The van der Waals surface area contributed by atoms with Crippen molar-refractivity contribution in [2.45, 2.75) is 6.54 Å². The van der Waals surface area contributed by atoms with Gasteiger partial charge >= 0.3 is 0 Å². The van der Waals surface area contributed by atoms with Crippen LogP contribution in [0.1, 0.15) is 5.56 Å². The largest absolute Gasteiger partial charge is 0.497 e. The molecule has 0 aliphatic carbocycles. The smallest absolute Gasteiger partial charge is 0.121 e. The molecule has 0 aliphatic rings. The fourth-order valence-electron chi connectivity index (χ4n) is 2.09. The molecule has 0 bridgehead atoms. The quantitative estimate of drug-likeness (QED) is 0.795. The third-order valence-electron chi connectivity index (χ3n) is 3.19. The van der Waals surface area contributed by atoms with Gasteiger partial charge in [-0.1, -0.05) is 18.2 Å². The fraction of sp³-hybridized carbons (Fsp3) is 0.294. The summed E-state index contributed by atoms with van der Waals surface area (Å²) >= 11 is 0. The van der Waals surface area contributed by atoms with Crippen molar-refractivity contribution >= 4 is 5.69 Å². The molecule has 0 amide bonds. The van der Waals surface area contributed by atoms with Gasteiger partial charge < -0.3 is 15.2 Å². The van der Waals surface area contributed by atoms with E-state index in [2.05, 4.69) is 24.1 Å². The molecule has 112 valence electrons. The van der Waals surface area contributed by atoms with Gasteiger partial charge in [0.05, 0.1) is 7.11 Å². The molecule has 0 aliphatic heterocycles. The Balaban J connectivity index is 1.78. The minimum atomic E-state index is 0.629. The van der Waals surface area contributed by atoms with Crippen molar-refractivity contribution in [2.24, 2.45) is 0 Å². The molecule has 0 atom stereocenters. The van der Waals surface area contributed by atoms with Crippen LogP contribution in [0.15, 0.2) is 48.5 Å². The Hall–Kier alpha value is -2.20. The van der Waals surface area contributed by atoms with Gasteiger partial charge in [-0.25, -0.2) is 0 Å². The molecule has 0 spiro atoms. The summed E-state index contributed by atoms with van der Waals surface area (Å²) in [6, 6.07) is 15.6. The van der Waals surface area contributed by atoms with Crippen LogP contribution in [0.25, 0.3) is 0 Å². The number of anilines is 1. The number of nitrogens with zero attached hydrogens (tertiary/aromatic N) is 1. The highest BCUT2D eigenvalue weighted by Crippen LogP contribution is 2.15. The summed E-state index contributed by atoms with van der Waals surface area (Å²) < 4.78 is 10.9. The van der Waals surface area contributed by atoms with E-state index in [0.717, 1.165) is 30.3 Å². The number of methoxy groups -OCH3 is 1. The number of ether oxygens (including phenoxy) is 2. The lowest BCUT2D eigenvalue weighted by atomic mass is 10.2. The summed E-state index contributed by atoms with van der Waals surface area (Å²) in [6.45, 7) is 2.33. The Morgan fingerprint density at radius 3 is 2.57 bits per heavy atom. The van der Waals surface area contributed by atoms with Crippen LogP contribution in [-0.4, -0.2) is 32.2 Å². The normalized spacial score (nSPS) is 10.6. The van der Waals surface area contributed by atoms with E-state index in [1.54, 1.807) is 7.11 Å². The lowest BCUT2D eigenvalue weighted by Crippen LogP contribution is -2.23. The van der Waals surface area contributed by atoms with Gasteiger partial charge in [-0.15, -0.1) is 0 Å². The average Bonchev–Trinajstić information content (AvgIpc) is 2.47. The van der Waals surface area contributed by atoms with E-state index in [9.17, 15) is 0 Å². The molecular weight excluding hydrogens is 264 g/mol. The molecule has 0 saturated carbocycles. The molecule has 0 heterocycles. The van der Waals surface area contributed by atoms with Crippen LogP contribution in [0, 0.1) is 0 Å². The zero-order chi connectivity index (χ0) is 15.1. The molecule has 4 heteroatoms. The molecule has 21 heavy (non-hydrogen) atoms. The van der Waals surface area contributed by atoms with Crippen molar-refractivity contribution in [3.05, 3.63) is 54.1 Å². The van der Waals surface area contributed by atoms with E-state index in [-0.39, 0.29) is 0 Å². The van der Waals surface area contributed by atoms with Gasteiger partial charge in [0.15, 0.2) is 0 Å². The molecular formula is C17H22N2O2. The minimum Gasteiger partial charge on any atom is -0.497 e. The highest BCUT2D eigenvalue weighted by molar-refractivity contribution is 5.43. The van der Waals surface area contributed by atoms with Gasteiger partial charge in [0.1, 0.15) is 18.1 Å². The Morgan fingerprint density at radius 2 is 1.81 bits per heavy atom. The van der Waals surface area contributed by atoms with Crippen molar-refractivity contribution in [1.29, 1.82) is 0 Å². The molecule has 0 saturated heterocycles. The van der Waals surface area contributed by atoms with Crippen LogP contribution in [0.3, 0.4) is 0 Å². The predicted molar refractivity (Wildman–Crippen MR) is 85.7 cm³/mol. The van der Waals surface area contributed by atoms with Crippen molar-refractivity contribution < 1.29 is 9.47 Å². The van der Waals surface area contributed by atoms with Crippen LogP contribution >= 0.6 is 0 Å². The first-order valence-corrected chi connectivity index (χ1v) is 6.97. The maximum absolute atomic E-state index is 5.72. The summed E-state index contributed by atoms with van der Waals surface area (Å²) in [4.78, 5) is 2.21. The standard InChI is InChI=1S/C17H22N2O2/c1-19(13-14-5-3-7-16(11-14)20-2)9-10-21-17-8-4-6-15(18)12-17/h3-8,11-12H,9-10,13,18H2,1-2H3. The van der Waals surface area contributed by atoms with Crippen LogP contribution < -0.4 is 15.2 Å². The van der Waals surface area contributed by atoms with E-state index >= 15 is 0 Å². The molecule has 0 aromatic heterocycles. The van der Waals surface area contributed by atoms with Gasteiger partial charge in [-0.2, -0.15) is 0 Å². The van der Waals surface area contributed by atoms with Crippen molar-refractivity contribution in [2.75, 3.05) is 33.0 Å². The molecule has 0 fully saturated rings. The third-order valence-corrected chi connectivity index (χ3v) is 3.19. The average molecular weight is 286 g/mol. The maximum atomic E-state index is 5.72. The first-order valence-electron chi connectivity index (χ1n) is 6.97. The van der Waals surface area contributed by atoms with Gasteiger partial charge in [0, 0.05) is 24.8 Å². The summed E-state index contributed by atoms with van der Waals surface area (Å²) in [5, 5.41) is 0. The first-order chi connectivity index (χ1) is 10.2. The first kappa shape index (κ1) is 15.2. The van der Waals surface area contributed by atoms with E-state index in [1.165, 1.54) is 5.56 Å².